The number of fused-ring (bicyclic) bond motifs is 1. The molecular formula is C16H15ClFN5O2. The van der Waals surface area contributed by atoms with Crippen LogP contribution in [-0.4, -0.2) is 32.8 Å². The van der Waals surface area contributed by atoms with Gasteiger partial charge in [0.05, 0.1) is 24.7 Å². The molecule has 3 aromatic rings. The normalized spacial score (nSPS) is 12.2. The van der Waals surface area contributed by atoms with Gasteiger partial charge in [0.15, 0.2) is 5.65 Å². The Hall–Kier alpha value is -2.74. The first-order valence-electron chi connectivity index (χ1n) is 7.44. The maximum atomic E-state index is 13.2. The number of rotatable bonds is 5. The number of halogens is 2. The van der Waals surface area contributed by atoms with Crippen LogP contribution in [0.5, 0.6) is 0 Å². The van der Waals surface area contributed by atoms with Crippen LogP contribution >= 0.6 is 11.6 Å². The number of aromatic nitrogens is 4. The van der Waals surface area contributed by atoms with Crippen molar-refractivity contribution in [1.29, 1.82) is 0 Å². The van der Waals surface area contributed by atoms with Gasteiger partial charge in [0.1, 0.15) is 24.5 Å². The molecule has 0 aliphatic rings. The maximum Gasteiger partial charge on any atom is 0.327 e. The van der Waals surface area contributed by atoms with Crippen LogP contribution in [0.1, 0.15) is 18.5 Å². The van der Waals surface area contributed by atoms with Crippen molar-refractivity contribution < 1.29 is 13.9 Å². The van der Waals surface area contributed by atoms with E-state index in [4.69, 9.17) is 11.6 Å². The second-order valence-electron chi connectivity index (χ2n) is 5.37. The number of hydrogen-bond acceptors (Lipinski definition) is 6. The van der Waals surface area contributed by atoms with Gasteiger partial charge in [0.25, 0.3) is 0 Å². The van der Waals surface area contributed by atoms with Crippen LogP contribution in [-0.2, 0) is 16.1 Å². The molecule has 0 aliphatic heterocycles. The van der Waals surface area contributed by atoms with E-state index in [-0.39, 0.29) is 12.6 Å². The summed E-state index contributed by atoms with van der Waals surface area (Å²) in [6.07, 6.45) is 2.94. The zero-order chi connectivity index (χ0) is 18.0. The predicted molar refractivity (Wildman–Crippen MR) is 90.8 cm³/mol. The number of carbonyl (C=O) groups is 1. The van der Waals surface area contributed by atoms with Crippen LogP contribution in [0.25, 0.3) is 11.0 Å². The van der Waals surface area contributed by atoms with Gasteiger partial charge in [-0.1, -0.05) is 17.7 Å². The fourth-order valence-corrected chi connectivity index (χ4v) is 2.78. The predicted octanol–water partition coefficient (Wildman–Crippen LogP) is 2.96. The van der Waals surface area contributed by atoms with Crippen molar-refractivity contribution in [3.63, 3.8) is 0 Å². The number of nitrogens with one attached hydrogen (secondary N) is 1. The van der Waals surface area contributed by atoms with Crippen molar-refractivity contribution in [2.24, 2.45) is 0 Å². The molecule has 25 heavy (non-hydrogen) atoms. The number of ether oxygens (including phenoxy) is 1. The van der Waals surface area contributed by atoms with Gasteiger partial charge in [-0.2, -0.15) is 5.10 Å². The van der Waals surface area contributed by atoms with E-state index < -0.39 is 11.8 Å². The molecule has 0 amide bonds. The lowest BCUT2D eigenvalue weighted by Crippen LogP contribution is -2.13. The lowest BCUT2D eigenvalue weighted by atomic mass is 10.1. The first-order chi connectivity index (χ1) is 12.0. The van der Waals surface area contributed by atoms with Crippen LogP contribution in [0.3, 0.4) is 0 Å². The molecule has 1 N–H and O–H groups in total. The Balaban J connectivity index is 1.90. The molecule has 9 heteroatoms. The Bertz CT molecular complexity index is 930. The molecule has 1 unspecified atom stereocenters. The second-order valence-corrected chi connectivity index (χ2v) is 5.78. The number of carbonyl (C=O) groups excluding carboxylic acids is 1. The Morgan fingerprint density at radius 2 is 2.24 bits per heavy atom. The zero-order valence-electron chi connectivity index (χ0n) is 13.5. The molecule has 0 saturated carbocycles. The average Bonchev–Trinajstić information content (AvgIpc) is 2.98. The van der Waals surface area contributed by atoms with E-state index >= 15 is 0 Å². The highest BCUT2D eigenvalue weighted by molar-refractivity contribution is 6.31. The Morgan fingerprint density at radius 3 is 2.96 bits per heavy atom. The summed E-state index contributed by atoms with van der Waals surface area (Å²) in [5.74, 6) is -0.284. The highest BCUT2D eigenvalue weighted by Gasteiger charge is 2.16. The van der Waals surface area contributed by atoms with Crippen LogP contribution in [0, 0.1) is 5.82 Å². The van der Waals surface area contributed by atoms with E-state index in [1.807, 2.05) is 6.92 Å². The summed E-state index contributed by atoms with van der Waals surface area (Å²) < 4.78 is 19.3. The third-order valence-corrected chi connectivity index (χ3v) is 4.05. The van der Waals surface area contributed by atoms with E-state index in [0.717, 1.165) is 5.56 Å². The van der Waals surface area contributed by atoms with Crippen molar-refractivity contribution >= 4 is 34.4 Å². The topological polar surface area (TPSA) is 81.9 Å². The molecule has 0 saturated heterocycles. The molecule has 2 aromatic heterocycles. The number of esters is 1. The van der Waals surface area contributed by atoms with Crippen LogP contribution < -0.4 is 5.32 Å². The summed E-state index contributed by atoms with van der Waals surface area (Å²) in [6, 6.07) is 4.01. The molecule has 2 heterocycles. The average molecular weight is 364 g/mol. The maximum absolute atomic E-state index is 13.2. The van der Waals surface area contributed by atoms with E-state index in [9.17, 15) is 9.18 Å². The molecular weight excluding hydrogens is 349 g/mol. The van der Waals surface area contributed by atoms with Gasteiger partial charge < -0.3 is 10.1 Å². The summed E-state index contributed by atoms with van der Waals surface area (Å²) in [4.78, 5) is 19.8. The lowest BCUT2D eigenvalue weighted by molar-refractivity contribution is -0.141. The first-order valence-corrected chi connectivity index (χ1v) is 7.82. The Morgan fingerprint density at radius 1 is 1.44 bits per heavy atom. The van der Waals surface area contributed by atoms with Crippen LogP contribution in [0.2, 0.25) is 5.02 Å². The smallest absolute Gasteiger partial charge is 0.327 e. The van der Waals surface area contributed by atoms with Gasteiger partial charge in [-0.25, -0.2) is 19.0 Å². The van der Waals surface area contributed by atoms with E-state index in [0.29, 0.717) is 21.9 Å². The molecule has 3 rings (SSSR count). The molecule has 0 bridgehead atoms. The minimum Gasteiger partial charge on any atom is -0.468 e. The number of anilines is 1. The summed E-state index contributed by atoms with van der Waals surface area (Å²) in [5, 5.41) is 8.34. The molecule has 130 valence electrons. The van der Waals surface area contributed by atoms with Gasteiger partial charge in [0.2, 0.25) is 0 Å². The fraction of sp³-hybridized carbons (Fsp3) is 0.250. The third-order valence-electron chi connectivity index (χ3n) is 3.72. The molecule has 1 aromatic carbocycles. The van der Waals surface area contributed by atoms with E-state index in [1.54, 1.807) is 12.3 Å². The van der Waals surface area contributed by atoms with Crippen LogP contribution in [0.4, 0.5) is 10.2 Å². The van der Waals surface area contributed by atoms with Gasteiger partial charge in [-0.05, 0) is 24.6 Å². The summed E-state index contributed by atoms with van der Waals surface area (Å²) in [6.45, 7) is 1.84. The van der Waals surface area contributed by atoms with Gasteiger partial charge in [0, 0.05) is 5.02 Å². The van der Waals surface area contributed by atoms with Crippen molar-refractivity contribution in [3.05, 3.63) is 47.1 Å². The van der Waals surface area contributed by atoms with E-state index in [2.05, 4.69) is 25.1 Å². The first kappa shape index (κ1) is 17.1. The number of benzene rings is 1. The second kappa shape index (κ2) is 7.02. The SMILES string of the molecule is COC(=O)Cn1ncc2c(NC(C)c3ccc(F)cc3Cl)ncnc21. The summed E-state index contributed by atoms with van der Waals surface area (Å²) in [5.41, 5.74) is 1.23. The molecule has 0 aliphatic carbocycles. The monoisotopic (exact) mass is 363 g/mol. The van der Waals surface area contributed by atoms with Gasteiger partial charge in [-0.15, -0.1) is 0 Å². The summed E-state index contributed by atoms with van der Waals surface area (Å²) >= 11 is 6.11. The fourth-order valence-electron chi connectivity index (χ4n) is 2.45. The molecule has 0 radical (unpaired) electrons. The largest absolute Gasteiger partial charge is 0.468 e. The number of nitrogens with zero attached hydrogens (tertiary/aromatic N) is 4. The van der Waals surface area contributed by atoms with Gasteiger partial charge in [-0.3, -0.25) is 4.79 Å². The Labute approximate surface area is 147 Å². The number of methoxy groups -OCH3 is 1. The van der Waals surface area contributed by atoms with Crippen molar-refractivity contribution in [2.75, 3.05) is 12.4 Å². The van der Waals surface area contributed by atoms with Crippen LogP contribution in [0.15, 0.2) is 30.7 Å². The minimum atomic E-state index is -0.426. The molecule has 0 spiro atoms. The highest BCUT2D eigenvalue weighted by atomic mass is 35.5. The molecule has 7 nitrogen and oxygen atoms in total. The highest BCUT2D eigenvalue weighted by Crippen LogP contribution is 2.28. The lowest BCUT2D eigenvalue weighted by Gasteiger charge is -2.16. The van der Waals surface area contributed by atoms with Crippen molar-refractivity contribution in [1.82, 2.24) is 19.7 Å². The number of hydrogen-bond donors (Lipinski definition) is 1. The third kappa shape index (κ3) is 3.53. The molecule has 0 fully saturated rings. The quantitative estimate of drug-likeness (QED) is 0.702. The van der Waals surface area contributed by atoms with Crippen molar-refractivity contribution in [2.45, 2.75) is 19.5 Å². The van der Waals surface area contributed by atoms with E-state index in [1.165, 1.54) is 30.3 Å². The van der Waals surface area contributed by atoms with Crippen molar-refractivity contribution in [3.8, 4) is 0 Å². The standard InChI is InChI=1S/C16H15ClFN5O2/c1-9(11-4-3-10(18)5-13(11)17)22-15-12-6-21-23(7-14(24)25-2)16(12)20-8-19-15/h3-6,8-9H,7H2,1-2H3,(H,19,20,22). The summed E-state index contributed by atoms with van der Waals surface area (Å²) in [7, 11) is 1.31. The van der Waals surface area contributed by atoms with Gasteiger partial charge >= 0.3 is 5.97 Å². The minimum absolute atomic E-state index is 0.0458. The Kier molecular flexibility index (Phi) is 4.80. The zero-order valence-corrected chi connectivity index (χ0v) is 14.3. The molecule has 1 atom stereocenters.